The van der Waals surface area contributed by atoms with Gasteiger partial charge in [0.15, 0.2) is 11.6 Å². The Morgan fingerprint density at radius 3 is 2.46 bits per heavy atom. The van der Waals surface area contributed by atoms with E-state index in [4.69, 9.17) is 10.5 Å². The van der Waals surface area contributed by atoms with Crippen LogP contribution < -0.4 is 10.5 Å². The summed E-state index contributed by atoms with van der Waals surface area (Å²) >= 11 is 0. The highest BCUT2D eigenvalue weighted by Crippen LogP contribution is 2.22. The maximum absolute atomic E-state index is 13.8. The van der Waals surface area contributed by atoms with E-state index in [1.54, 1.807) is 18.0 Å². The molecule has 1 aromatic heterocycles. The van der Waals surface area contributed by atoms with E-state index in [0.29, 0.717) is 6.07 Å². The Morgan fingerprint density at radius 1 is 1.08 bits per heavy atom. The quantitative estimate of drug-likeness (QED) is 0.685. The molecular formula is C18H17F3N4O. The molecule has 1 atom stereocenters. The third-order valence-electron chi connectivity index (χ3n) is 3.98. The molecule has 136 valence electrons. The molecule has 0 radical (unpaired) electrons. The van der Waals surface area contributed by atoms with Gasteiger partial charge in [-0.25, -0.2) is 17.9 Å². The fraction of sp³-hybridized carbons (Fsp3) is 0.222. The zero-order valence-electron chi connectivity index (χ0n) is 14.0. The Morgan fingerprint density at radius 2 is 1.77 bits per heavy atom. The maximum Gasteiger partial charge on any atom is 0.161 e. The van der Waals surface area contributed by atoms with Crippen LogP contribution in [0, 0.1) is 17.5 Å². The predicted octanol–water partition coefficient (Wildman–Crippen LogP) is 2.94. The second-order valence-electron chi connectivity index (χ2n) is 5.85. The van der Waals surface area contributed by atoms with Crippen molar-refractivity contribution < 1.29 is 17.9 Å². The number of nitrogens with zero attached hydrogens (tertiary/aromatic N) is 3. The Balaban J connectivity index is 1.75. The minimum absolute atomic E-state index is 0.0162. The summed E-state index contributed by atoms with van der Waals surface area (Å²) in [6, 6.07) is 8.12. The van der Waals surface area contributed by atoms with Gasteiger partial charge in [-0.15, -0.1) is 5.10 Å². The smallest absolute Gasteiger partial charge is 0.161 e. The summed E-state index contributed by atoms with van der Waals surface area (Å²) in [5.74, 6) is -2.43. The van der Waals surface area contributed by atoms with Gasteiger partial charge in [0.1, 0.15) is 11.6 Å². The van der Waals surface area contributed by atoms with Gasteiger partial charge in [0.25, 0.3) is 0 Å². The van der Waals surface area contributed by atoms with E-state index in [1.807, 2.05) is 24.3 Å². The molecule has 8 heteroatoms. The van der Waals surface area contributed by atoms with Gasteiger partial charge in [0.05, 0.1) is 25.5 Å². The molecule has 0 unspecified atom stereocenters. The van der Waals surface area contributed by atoms with Gasteiger partial charge >= 0.3 is 0 Å². The highest BCUT2D eigenvalue weighted by Gasteiger charge is 2.15. The van der Waals surface area contributed by atoms with Crippen LogP contribution in [0.1, 0.15) is 5.56 Å². The molecule has 26 heavy (non-hydrogen) atoms. The van der Waals surface area contributed by atoms with Crippen molar-refractivity contribution in [1.82, 2.24) is 15.0 Å². The number of ether oxygens (including phenoxy) is 1. The lowest BCUT2D eigenvalue weighted by Gasteiger charge is -2.14. The molecular weight excluding hydrogens is 345 g/mol. The minimum atomic E-state index is -1.22. The predicted molar refractivity (Wildman–Crippen MR) is 90.0 cm³/mol. The Hall–Kier alpha value is -2.87. The van der Waals surface area contributed by atoms with Crippen LogP contribution in [-0.4, -0.2) is 28.1 Å². The number of hydrogen-bond acceptors (Lipinski definition) is 4. The van der Waals surface area contributed by atoms with Crippen molar-refractivity contribution in [1.29, 1.82) is 0 Å². The Bertz CT molecular complexity index is 896. The topological polar surface area (TPSA) is 66.0 Å². The second-order valence-corrected chi connectivity index (χ2v) is 5.85. The number of hydrogen-bond donors (Lipinski definition) is 1. The number of rotatable bonds is 6. The molecule has 0 fully saturated rings. The van der Waals surface area contributed by atoms with Gasteiger partial charge in [0.2, 0.25) is 0 Å². The lowest BCUT2D eigenvalue weighted by molar-refractivity contribution is 0.415. The van der Waals surface area contributed by atoms with Gasteiger partial charge in [-0.2, -0.15) is 0 Å². The van der Waals surface area contributed by atoms with E-state index in [-0.39, 0.29) is 18.5 Å². The first-order valence-corrected chi connectivity index (χ1v) is 7.90. The van der Waals surface area contributed by atoms with Crippen LogP contribution in [0.5, 0.6) is 5.75 Å². The molecule has 0 aliphatic rings. The third-order valence-corrected chi connectivity index (χ3v) is 3.98. The first-order valence-electron chi connectivity index (χ1n) is 7.90. The summed E-state index contributed by atoms with van der Waals surface area (Å²) in [5, 5.41) is 7.89. The van der Waals surface area contributed by atoms with Crippen LogP contribution in [0.25, 0.3) is 11.3 Å². The molecule has 2 N–H and O–H groups in total. The zero-order valence-corrected chi connectivity index (χ0v) is 14.0. The van der Waals surface area contributed by atoms with Crippen molar-refractivity contribution >= 4 is 0 Å². The van der Waals surface area contributed by atoms with Crippen molar-refractivity contribution in [2.24, 2.45) is 5.73 Å². The molecule has 0 saturated carbocycles. The average Bonchev–Trinajstić information content (AvgIpc) is 3.07. The van der Waals surface area contributed by atoms with Crippen LogP contribution in [0.3, 0.4) is 0 Å². The lowest BCUT2D eigenvalue weighted by Crippen LogP contribution is -2.30. The van der Waals surface area contributed by atoms with Gasteiger partial charge in [0, 0.05) is 17.7 Å². The monoisotopic (exact) mass is 362 g/mol. The van der Waals surface area contributed by atoms with Crippen molar-refractivity contribution in [2.75, 3.05) is 7.11 Å². The molecule has 0 aliphatic heterocycles. The molecule has 0 amide bonds. The standard InChI is InChI=1S/C18H17F3N4O/c1-26-14-4-2-11(3-5-14)18-9-23-24-25(18)10-13(22)6-12-7-16(20)17(21)8-15(12)19/h2-5,7-9,13H,6,10,22H2,1H3/t13-/m1/s1. The molecule has 3 aromatic rings. The van der Waals surface area contributed by atoms with Crippen LogP contribution in [0.4, 0.5) is 13.2 Å². The summed E-state index contributed by atoms with van der Waals surface area (Å²) in [5.41, 5.74) is 7.66. The van der Waals surface area contributed by atoms with Gasteiger partial charge in [-0.3, -0.25) is 0 Å². The van der Waals surface area contributed by atoms with Crippen LogP contribution in [0.15, 0.2) is 42.6 Å². The SMILES string of the molecule is COc1ccc(-c2cnnn2C[C@H](N)Cc2cc(F)c(F)cc2F)cc1. The van der Waals surface area contributed by atoms with E-state index >= 15 is 0 Å². The largest absolute Gasteiger partial charge is 0.497 e. The molecule has 1 heterocycles. The molecule has 2 aromatic carbocycles. The van der Waals surface area contributed by atoms with E-state index in [9.17, 15) is 13.2 Å². The van der Waals surface area contributed by atoms with Crippen LogP contribution in [0.2, 0.25) is 0 Å². The second kappa shape index (κ2) is 7.57. The first kappa shape index (κ1) is 17.9. The third kappa shape index (κ3) is 3.85. The lowest BCUT2D eigenvalue weighted by atomic mass is 10.1. The molecule has 3 rings (SSSR count). The molecule has 0 saturated heterocycles. The number of nitrogens with two attached hydrogens (primary N) is 1. The highest BCUT2D eigenvalue weighted by molar-refractivity contribution is 5.59. The zero-order chi connectivity index (χ0) is 18.7. The van der Waals surface area contributed by atoms with Crippen molar-refractivity contribution in [3.63, 3.8) is 0 Å². The van der Waals surface area contributed by atoms with E-state index < -0.39 is 23.5 Å². The normalized spacial score (nSPS) is 12.2. The summed E-state index contributed by atoms with van der Waals surface area (Å²) in [4.78, 5) is 0. The van der Waals surface area contributed by atoms with Crippen LogP contribution in [-0.2, 0) is 13.0 Å². The molecule has 0 bridgehead atoms. The summed E-state index contributed by atoms with van der Waals surface area (Å²) in [7, 11) is 1.58. The van der Waals surface area contributed by atoms with Gasteiger partial charge < -0.3 is 10.5 Å². The molecule has 5 nitrogen and oxygen atoms in total. The van der Waals surface area contributed by atoms with E-state index in [1.165, 1.54) is 0 Å². The van der Waals surface area contributed by atoms with Crippen molar-refractivity contribution in [3.8, 4) is 17.0 Å². The summed E-state index contributed by atoms with van der Waals surface area (Å²) in [6.07, 6.45) is 1.62. The fourth-order valence-electron chi connectivity index (χ4n) is 2.67. The number of halogens is 3. The maximum atomic E-state index is 13.8. The van der Waals surface area contributed by atoms with Crippen molar-refractivity contribution in [2.45, 2.75) is 19.0 Å². The first-order chi connectivity index (χ1) is 12.5. The number of aromatic nitrogens is 3. The van der Waals surface area contributed by atoms with E-state index in [2.05, 4.69) is 10.3 Å². The Labute approximate surface area is 148 Å². The highest BCUT2D eigenvalue weighted by atomic mass is 19.2. The minimum Gasteiger partial charge on any atom is -0.497 e. The summed E-state index contributed by atoms with van der Waals surface area (Å²) < 4.78 is 46.8. The summed E-state index contributed by atoms with van der Waals surface area (Å²) in [6.45, 7) is 0.236. The number of methoxy groups -OCH3 is 1. The fourth-order valence-corrected chi connectivity index (χ4v) is 2.67. The van der Waals surface area contributed by atoms with E-state index in [0.717, 1.165) is 23.1 Å². The van der Waals surface area contributed by atoms with Crippen molar-refractivity contribution in [3.05, 3.63) is 65.6 Å². The Kier molecular flexibility index (Phi) is 5.22. The number of benzene rings is 2. The van der Waals surface area contributed by atoms with Crippen LogP contribution >= 0.6 is 0 Å². The molecule has 0 spiro atoms. The molecule has 0 aliphatic carbocycles. The average molecular weight is 362 g/mol. The van der Waals surface area contributed by atoms with Gasteiger partial charge in [-0.05, 0) is 42.3 Å². The van der Waals surface area contributed by atoms with Gasteiger partial charge in [-0.1, -0.05) is 5.21 Å².